The summed E-state index contributed by atoms with van der Waals surface area (Å²) in [6, 6.07) is 0. The summed E-state index contributed by atoms with van der Waals surface area (Å²) < 4.78 is 11.3. The van der Waals surface area contributed by atoms with E-state index >= 15 is 0 Å². The fraction of sp³-hybridized carbons (Fsp3) is 0.882. The zero-order valence-electron chi connectivity index (χ0n) is 16.4. The van der Waals surface area contributed by atoms with Crippen molar-refractivity contribution in [1.29, 1.82) is 0 Å². The monoisotopic (exact) mass is 375 g/mol. The van der Waals surface area contributed by atoms with Gasteiger partial charge >= 0.3 is 5.97 Å². The van der Waals surface area contributed by atoms with Crippen molar-refractivity contribution in [2.75, 3.05) is 13.7 Å². The molecule has 0 saturated carbocycles. The molecule has 4 atom stereocenters. The zero-order valence-corrected chi connectivity index (χ0v) is 17.4. The molecule has 3 N–H and O–H groups in total. The highest BCUT2D eigenvalue weighted by atomic mass is 28.4. The van der Waals surface area contributed by atoms with E-state index in [1.165, 1.54) is 14.0 Å². The van der Waals surface area contributed by atoms with Crippen LogP contribution in [0.25, 0.3) is 0 Å². The Bertz CT molecular complexity index is 507. The van der Waals surface area contributed by atoms with Gasteiger partial charge in [0.1, 0.15) is 5.60 Å². The maximum Gasteiger partial charge on any atom is 0.337 e. The smallest absolute Gasteiger partial charge is 0.337 e. The number of carbonyl (C=O) groups excluding carboxylic acids is 2. The fourth-order valence-corrected chi connectivity index (χ4v) is 4.77. The van der Waals surface area contributed by atoms with E-state index in [2.05, 4.69) is 19.2 Å². The summed E-state index contributed by atoms with van der Waals surface area (Å²) >= 11 is 0. The maximum absolute atomic E-state index is 12.8. The molecule has 0 aromatic rings. The molecule has 1 amide bonds. The minimum Gasteiger partial charge on any atom is -0.467 e. The SMILES string of the molecule is CC[C@H](O[Si](C)(C)C(C)C)[C@@]1(C(=O)OC)NC(=O)C(CCO)[C@]1(C)O. The van der Waals surface area contributed by atoms with Crippen molar-refractivity contribution in [3.05, 3.63) is 0 Å². The Hall–Kier alpha value is -0.963. The number of esters is 1. The normalized spacial score (nSPS) is 31.1. The third kappa shape index (κ3) is 3.62. The molecular weight excluding hydrogens is 342 g/mol. The second-order valence-electron chi connectivity index (χ2n) is 7.77. The van der Waals surface area contributed by atoms with Crippen LogP contribution in [0.2, 0.25) is 18.6 Å². The summed E-state index contributed by atoms with van der Waals surface area (Å²) in [6.07, 6.45) is -0.258. The lowest BCUT2D eigenvalue weighted by Crippen LogP contribution is -2.70. The van der Waals surface area contributed by atoms with Crippen LogP contribution in [0.4, 0.5) is 0 Å². The Morgan fingerprint density at radius 2 is 1.96 bits per heavy atom. The molecule has 0 spiro atoms. The average molecular weight is 376 g/mol. The van der Waals surface area contributed by atoms with E-state index in [9.17, 15) is 19.8 Å². The molecule has 0 bridgehead atoms. The summed E-state index contributed by atoms with van der Waals surface area (Å²) in [5.74, 6) is -2.12. The number of aliphatic hydroxyl groups excluding tert-OH is 1. The fourth-order valence-electron chi connectivity index (χ4n) is 3.42. The lowest BCUT2D eigenvalue weighted by Gasteiger charge is -2.46. The highest BCUT2D eigenvalue weighted by molar-refractivity contribution is 6.72. The second kappa shape index (κ2) is 7.73. The van der Waals surface area contributed by atoms with E-state index in [1.807, 2.05) is 20.0 Å². The molecule has 1 fully saturated rings. The molecule has 1 heterocycles. The molecule has 0 aliphatic carbocycles. The summed E-state index contributed by atoms with van der Waals surface area (Å²) in [6.45, 7) is 11.2. The van der Waals surface area contributed by atoms with Crippen LogP contribution < -0.4 is 5.32 Å². The van der Waals surface area contributed by atoms with Crippen molar-refractivity contribution >= 4 is 20.2 Å². The molecule has 7 nitrogen and oxygen atoms in total. The van der Waals surface area contributed by atoms with Gasteiger partial charge in [0.15, 0.2) is 13.9 Å². The van der Waals surface area contributed by atoms with Gasteiger partial charge in [0.05, 0.1) is 19.1 Å². The van der Waals surface area contributed by atoms with Gasteiger partial charge in [-0.1, -0.05) is 20.8 Å². The molecule has 1 aliphatic heterocycles. The van der Waals surface area contributed by atoms with Gasteiger partial charge in [0, 0.05) is 6.61 Å². The number of nitrogens with one attached hydrogen (secondary N) is 1. The average Bonchev–Trinajstić information content (AvgIpc) is 2.72. The minimum atomic E-state index is -2.18. The Morgan fingerprint density at radius 3 is 2.36 bits per heavy atom. The zero-order chi connectivity index (χ0) is 19.6. The first-order chi connectivity index (χ1) is 11.4. The van der Waals surface area contributed by atoms with E-state index in [0.29, 0.717) is 6.42 Å². The van der Waals surface area contributed by atoms with E-state index in [4.69, 9.17) is 9.16 Å². The van der Waals surface area contributed by atoms with E-state index < -0.39 is 43.4 Å². The first-order valence-corrected chi connectivity index (χ1v) is 11.8. The summed E-state index contributed by atoms with van der Waals surface area (Å²) in [7, 11) is -0.957. The summed E-state index contributed by atoms with van der Waals surface area (Å²) in [5.41, 5.74) is -3.17. The van der Waals surface area contributed by atoms with Crippen LogP contribution in [0.5, 0.6) is 0 Å². The molecule has 25 heavy (non-hydrogen) atoms. The second-order valence-corrected chi connectivity index (χ2v) is 12.4. The number of hydrogen-bond acceptors (Lipinski definition) is 6. The molecule has 1 rings (SSSR count). The molecule has 8 heteroatoms. The first kappa shape index (κ1) is 22.1. The molecule has 1 unspecified atom stereocenters. The van der Waals surface area contributed by atoms with Crippen molar-refractivity contribution in [2.24, 2.45) is 5.92 Å². The van der Waals surface area contributed by atoms with Gasteiger partial charge < -0.3 is 24.7 Å². The van der Waals surface area contributed by atoms with Gasteiger partial charge in [-0.15, -0.1) is 0 Å². The van der Waals surface area contributed by atoms with Gasteiger partial charge in [-0.3, -0.25) is 4.79 Å². The number of rotatable bonds is 8. The lowest BCUT2D eigenvalue weighted by atomic mass is 9.72. The van der Waals surface area contributed by atoms with Crippen LogP contribution in [0.15, 0.2) is 0 Å². The third-order valence-corrected chi connectivity index (χ3v) is 9.40. The van der Waals surface area contributed by atoms with Crippen LogP contribution >= 0.6 is 0 Å². The molecule has 0 aromatic carbocycles. The topological polar surface area (TPSA) is 105 Å². The van der Waals surface area contributed by atoms with Crippen LogP contribution in [0, 0.1) is 5.92 Å². The quantitative estimate of drug-likeness (QED) is 0.435. The molecule has 1 aliphatic rings. The number of aliphatic hydroxyl groups is 2. The van der Waals surface area contributed by atoms with Crippen molar-refractivity contribution in [3.8, 4) is 0 Å². The Balaban J connectivity index is 3.45. The predicted octanol–water partition coefficient (Wildman–Crippen LogP) is 1.19. The van der Waals surface area contributed by atoms with Crippen molar-refractivity contribution in [3.63, 3.8) is 0 Å². The van der Waals surface area contributed by atoms with Crippen LogP contribution in [0.1, 0.15) is 40.5 Å². The Labute approximate surface area is 151 Å². The number of hydrogen-bond donors (Lipinski definition) is 3. The van der Waals surface area contributed by atoms with Gasteiger partial charge in [-0.25, -0.2) is 4.79 Å². The van der Waals surface area contributed by atoms with E-state index in [0.717, 1.165) is 0 Å². The van der Waals surface area contributed by atoms with Crippen LogP contribution in [-0.4, -0.2) is 61.4 Å². The van der Waals surface area contributed by atoms with Crippen molar-refractivity contribution < 1.29 is 29.0 Å². The number of methoxy groups -OCH3 is 1. The number of ether oxygens (including phenoxy) is 1. The predicted molar refractivity (Wildman–Crippen MR) is 96.5 cm³/mol. The van der Waals surface area contributed by atoms with Gasteiger partial charge in [0.25, 0.3) is 0 Å². The molecular formula is C17H33NO6Si. The number of amides is 1. The largest absolute Gasteiger partial charge is 0.467 e. The van der Waals surface area contributed by atoms with E-state index in [-0.39, 0.29) is 18.6 Å². The van der Waals surface area contributed by atoms with Gasteiger partial charge in [-0.05, 0) is 38.4 Å². The maximum atomic E-state index is 12.8. The molecule has 0 aromatic heterocycles. The highest BCUT2D eigenvalue weighted by Crippen LogP contribution is 2.44. The highest BCUT2D eigenvalue weighted by Gasteiger charge is 2.69. The minimum absolute atomic E-state index is 0.0546. The third-order valence-electron chi connectivity index (χ3n) is 5.73. The van der Waals surface area contributed by atoms with E-state index in [1.54, 1.807) is 0 Å². The van der Waals surface area contributed by atoms with Crippen LogP contribution in [0.3, 0.4) is 0 Å². The summed E-state index contributed by atoms with van der Waals surface area (Å²) in [4.78, 5) is 25.3. The molecule has 0 radical (unpaired) electrons. The number of carbonyl (C=O) groups is 2. The lowest BCUT2D eigenvalue weighted by molar-refractivity contribution is -0.170. The van der Waals surface area contributed by atoms with Crippen LogP contribution in [-0.2, 0) is 18.8 Å². The molecule has 1 saturated heterocycles. The first-order valence-electron chi connectivity index (χ1n) is 8.83. The van der Waals surface area contributed by atoms with Crippen molar-refractivity contribution in [2.45, 2.75) is 76.4 Å². The Morgan fingerprint density at radius 1 is 1.40 bits per heavy atom. The summed E-state index contributed by atoms with van der Waals surface area (Å²) in [5, 5.41) is 23.2. The van der Waals surface area contributed by atoms with Gasteiger partial charge in [0.2, 0.25) is 5.91 Å². The Kier molecular flexibility index (Phi) is 6.83. The van der Waals surface area contributed by atoms with Gasteiger partial charge in [-0.2, -0.15) is 0 Å². The van der Waals surface area contributed by atoms with Crippen molar-refractivity contribution in [1.82, 2.24) is 5.32 Å². The molecule has 146 valence electrons. The standard InChI is InChI=1S/C17H33NO6Si/c1-8-13(24-25(6,7)11(2)3)17(15(21)23-5)16(4,22)12(9-10-19)14(20)18-17/h11-13,19,22H,8-10H2,1-7H3,(H,18,20)/t12?,13-,16-,17-/m0/s1.